The van der Waals surface area contributed by atoms with Crippen LogP contribution in [0, 0.1) is 0 Å². The number of fused-ring (bicyclic) bond motifs is 4. The van der Waals surface area contributed by atoms with Crippen LogP contribution < -0.4 is 15.4 Å². The fourth-order valence-corrected chi connectivity index (χ4v) is 3.49. The van der Waals surface area contributed by atoms with Gasteiger partial charge >= 0.3 is 6.09 Å². The molecule has 27 heavy (non-hydrogen) atoms. The number of nitrogens with one attached hydrogen (secondary N) is 2. The number of hydrogen-bond acceptors (Lipinski definition) is 5. The van der Waals surface area contributed by atoms with Crippen molar-refractivity contribution in [3.63, 3.8) is 0 Å². The first-order valence-corrected chi connectivity index (χ1v) is 9.10. The Hall–Kier alpha value is -3.28. The molecule has 1 fully saturated rings. The van der Waals surface area contributed by atoms with Crippen molar-refractivity contribution >= 4 is 22.7 Å². The van der Waals surface area contributed by atoms with Crippen molar-refractivity contribution in [2.75, 3.05) is 25.0 Å². The maximum absolute atomic E-state index is 11.2. The van der Waals surface area contributed by atoms with Gasteiger partial charge in [-0.05, 0) is 23.8 Å². The second-order valence-corrected chi connectivity index (χ2v) is 6.82. The molecule has 3 aliphatic rings. The van der Waals surface area contributed by atoms with Crippen molar-refractivity contribution in [2.45, 2.75) is 12.5 Å². The Morgan fingerprint density at radius 2 is 2.04 bits per heavy atom. The fourth-order valence-electron chi connectivity index (χ4n) is 3.49. The Morgan fingerprint density at radius 1 is 1.15 bits per heavy atom. The van der Waals surface area contributed by atoms with E-state index >= 15 is 0 Å². The van der Waals surface area contributed by atoms with Gasteiger partial charge in [0.15, 0.2) is 0 Å². The summed E-state index contributed by atoms with van der Waals surface area (Å²) < 4.78 is 11.1. The number of hydrogen-bond donors (Lipinski definition) is 2. The third-order valence-electron chi connectivity index (χ3n) is 4.96. The molecule has 6 nitrogen and oxygen atoms in total. The van der Waals surface area contributed by atoms with Gasteiger partial charge in [-0.2, -0.15) is 0 Å². The predicted molar refractivity (Wildman–Crippen MR) is 103 cm³/mol. The average Bonchev–Trinajstić information content (AvgIpc) is 3.11. The molecule has 2 aromatic carbocycles. The molecule has 0 spiro atoms. The molecule has 0 aliphatic carbocycles. The molecule has 0 radical (unpaired) electrons. The van der Waals surface area contributed by atoms with E-state index in [0.29, 0.717) is 19.7 Å². The normalized spacial score (nSPS) is 17.9. The molecule has 1 atom stereocenters. The lowest BCUT2D eigenvalue weighted by molar-refractivity contribution is 0.145. The maximum atomic E-state index is 11.2. The number of cyclic esters (lactones) is 1. The number of alkyl carbamates (subject to hydrolysis) is 1. The molecule has 4 heterocycles. The van der Waals surface area contributed by atoms with Gasteiger partial charge in [-0.15, -0.1) is 0 Å². The lowest BCUT2D eigenvalue weighted by Gasteiger charge is -2.16. The van der Waals surface area contributed by atoms with E-state index in [-0.39, 0.29) is 12.2 Å². The van der Waals surface area contributed by atoms with Crippen LogP contribution in [0.1, 0.15) is 5.56 Å². The summed E-state index contributed by atoms with van der Waals surface area (Å²) in [6, 6.07) is 16.5. The quantitative estimate of drug-likeness (QED) is 0.748. The smallest absolute Gasteiger partial charge is 0.407 e. The van der Waals surface area contributed by atoms with Gasteiger partial charge in [-0.1, -0.05) is 24.3 Å². The summed E-state index contributed by atoms with van der Waals surface area (Å²) in [4.78, 5) is 16.1. The molecule has 3 aliphatic heterocycles. The summed E-state index contributed by atoms with van der Waals surface area (Å²) in [5.74, 6) is 0.821. The van der Waals surface area contributed by atoms with Crippen LogP contribution in [0.25, 0.3) is 22.2 Å². The van der Waals surface area contributed by atoms with E-state index < -0.39 is 0 Å². The maximum Gasteiger partial charge on any atom is 0.407 e. The lowest BCUT2D eigenvalue weighted by atomic mass is 10.0. The zero-order valence-electron chi connectivity index (χ0n) is 14.7. The van der Waals surface area contributed by atoms with Crippen molar-refractivity contribution in [1.82, 2.24) is 10.3 Å². The minimum atomic E-state index is -0.363. The first kappa shape index (κ1) is 15.9. The molecule has 6 heteroatoms. The minimum absolute atomic E-state index is 0.184. The molecule has 1 amide bonds. The monoisotopic (exact) mass is 361 g/mol. The molecule has 136 valence electrons. The number of rotatable bonds is 3. The fraction of sp³-hybridized carbons (Fsp3) is 0.238. The molecule has 1 aromatic heterocycles. The number of amides is 1. The van der Waals surface area contributed by atoms with Gasteiger partial charge in [0.25, 0.3) is 0 Å². The van der Waals surface area contributed by atoms with Gasteiger partial charge in [0, 0.05) is 29.1 Å². The summed E-state index contributed by atoms with van der Waals surface area (Å²) in [5.41, 5.74) is 5.05. The summed E-state index contributed by atoms with van der Waals surface area (Å²) in [6.45, 7) is 1.69. The largest absolute Gasteiger partial charge is 0.493 e. The molecule has 1 unspecified atom stereocenters. The standard InChI is InChI=1S/C21H19N3O3/c25-21-23-12-16(27-21)11-22-19-10-18-14-3-1-13(2-4-14)7-8-26-15-5-6-17(19)20(9-15)24-18/h1-6,9-10,16H,7-8,11-12H2,(H,22,24)(H,23,25). The zero-order valence-corrected chi connectivity index (χ0v) is 14.7. The van der Waals surface area contributed by atoms with Crippen LogP contribution >= 0.6 is 0 Å². The van der Waals surface area contributed by atoms with E-state index in [2.05, 4.69) is 34.9 Å². The van der Waals surface area contributed by atoms with Crippen LogP contribution in [-0.4, -0.2) is 36.9 Å². The molecule has 3 aromatic rings. The summed E-state index contributed by atoms with van der Waals surface area (Å²) in [6.07, 6.45) is 0.329. The van der Waals surface area contributed by atoms with Crippen LogP contribution in [0.5, 0.6) is 5.75 Å². The summed E-state index contributed by atoms with van der Waals surface area (Å²) in [5, 5.41) is 7.11. The number of benzene rings is 2. The van der Waals surface area contributed by atoms with Crippen LogP contribution in [-0.2, 0) is 11.2 Å². The van der Waals surface area contributed by atoms with E-state index in [1.807, 2.05) is 24.3 Å². The van der Waals surface area contributed by atoms with E-state index in [1.165, 1.54) is 5.56 Å². The van der Waals surface area contributed by atoms with E-state index in [1.54, 1.807) is 0 Å². The minimum Gasteiger partial charge on any atom is -0.493 e. The van der Waals surface area contributed by atoms with Crippen molar-refractivity contribution < 1.29 is 14.3 Å². The van der Waals surface area contributed by atoms with E-state index in [0.717, 1.165) is 40.0 Å². The lowest BCUT2D eigenvalue weighted by Crippen LogP contribution is -2.23. The van der Waals surface area contributed by atoms with Gasteiger partial charge in [-0.25, -0.2) is 9.78 Å². The van der Waals surface area contributed by atoms with Gasteiger partial charge in [0.2, 0.25) is 0 Å². The SMILES string of the molecule is O=C1NCC(CNc2cc3nc4cc(ccc24)OCCc2ccc-3cc2)O1. The van der Waals surface area contributed by atoms with Crippen molar-refractivity contribution in [2.24, 2.45) is 0 Å². The van der Waals surface area contributed by atoms with Crippen LogP contribution in [0.3, 0.4) is 0 Å². The highest BCUT2D eigenvalue weighted by atomic mass is 16.6. The van der Waals surface area contributed by atoms with Gasteiger partial charge in [0.1, 0.15) is 11.9 Å². The zero-order chi connectivity index (χ0) is 18.2. The van der Waals surface area contributed by atoms with Crippen LogP contribution in [0.4, 0.5) is 10.5 Å². The molecule has 5 bridgehead atoms. The number of aromatic nitrogens is 1. The van der Waals surface area contributed by atoms with Crippen molar-refractivity contribution in [3.05, 3.63) is 54.1 Å². The van der Waals surface area contributed by atoms with Crippen molar-refractivity contribution in [1.29, 1.82) is 0 Å². The number of ether oxygens (including phenoxy) is 2. The Bertz CT molecular complexity index is 1020. The van der Waals surface area contributed by atoms with Crippen LogP contribution in [0.15, 0.2) is 48.5 Å². The van der Waals surface area contributed by atoms with Crippen LogP contribution in [0.2, 0.25) is 0 Å². The van der Waals surface area contributed by atoms with Gasteiger partial charge in [0.05, 0.1) is 30.9 Å². The Labute approximate surface area is 156 Å². The molecular formula is C21H19N3O3. The summed E-state index contributed by atoms with van der Waals surface area (Å²) >= 11 is 0. The Kier molecular flexibility index (Phi) is 3.81. The highest BCUT2D eigenvalue weighted by Crippen LogP contribution is 2.31. The second-order valence-electron chi connectivity index (χ2n) is 6.82. The van der Waals surface area contributed by atoms with E-state index in [9.17, 15) is 4.79 Å². The summed E-state index contributed by atoms with van der Waals surface area (Å²) in [7, 11) is 0. The Balaban J connectivity index is 1.57. The molecule has 6 rings (SSSR count). The molecule has 1 saturated heterocycles. The third kappa shape index (κ3) is 3.14. The van der Waals surface area contributed by atoms with Gasteiger partial charge in [-0.3, -0.25) is 0 Å². The third-order valence-corrected chi connectivity index (χ3v) is 4.96. The van der Waals surface area contributed by atoms with E-state index in [4.69, 9.17) is 14.5 Å². The molecule has 0 saturated carbocycles. The number of pyridine rings is 1. The molecule has 2 N–H and O–H groups in total. The number of anilines is 1. The highest BCUT2D eigenvalue weighted by molar-refractivity contribution is 5.94. The first-order chi connectivity index (χ1) is 13.2. The topological polar surface area (TPSA) is 72.5 Å². The Morgan fingerprint density at radius 3 is 2.85 bits per heavy atom. The number of nitrogens with zero attached hydrogens (tertiary/aromatic N) is 1. The molecular weight excluding hydrogens is 342 g/mol. The number of carbonyl (C=O) groups excluding carboxylic acids is 1. The second kappa shape index (κ2) is 6.46. The first-order valence-electron chi connectivity index (χ1n) is 9.10. The van der Waals surface area contributed by atoms with Gasteiger partial charge < -0.3 is 20.1 Å². The van der Waals surface area contributed by atoms with Crippen molar-refractivity contribution in [3.8, 4) is 17.0 Å². The number of carbonyl (C=O) groups is 1. The highest BCUT2D eigenvalue weighted by Gasteiger charge is 2.22. The predicted octanol–water partition coefficient (Wildman–Crippen LogP) is 3.36. The average molecular weight is 361 g/mol.